The molecule has 1 atom stereocenters. The first-order valence-electron chi connectivity index (χ1n) is 6.91. The van der Waals surface area contributed by atoms with Crippen LogP contribution < -0.4 is 4.74 Å². The summed E-state index contributed by atoms with van der Waals surface area (Å²) < 4.78 is 21.6. The third-order valence-corrected chi connectivity index (χ3v) is 3.03. The van der Waals surface area contributed by atoms with Crippen LogP contribution in [0.5, 0.6) is 5.88 Å². The molecule has 0 N–H and O–H groups in total. The van der Waals surface area contributed by atoms with E-state index >= 15 is 0 Å². The minimum absolute atomic E-state index is 0.309. The molecule has 1 heterocycles. The number of hydrogen-bond acceptors (Lipinski definition) is 5. The average molecular weight is 271 g/mol. The van der Waals surface area contributed by atoms with Crippen molar-refractivity contribution < 1.29 is 18.7 Å². The molecule has 0 bridgehead atoms. The summed E-state index contributed by atoms with van der Waals surface area (Å²) in [6.45, 7) is 11.7. The van der Waals surface area contributed by atoms with E-state index in [0.717, 1.165) is 5.76 Å². The van der Waals surface area contributed by atoms with Gasteiger partial charge in [-0.2, -0.15) is 0 Å². The van der Waals surface area contributed by atoms with Gasteiger partial charge < -0.3 is 18.7 Å². The van der Waals surface area contributed by atoms with Crippen molar-refractivity contribution >= 4 is 0 Å². The summed E-state index contributed by atoms with van der Waals surface area (Å²) in [5.74, 6) is 2.14. The fourth-order valence-corrected chi connectivity index (χ4v) is 1.55. The van der Waals surface area contributed by atoms with E-state index in [1.165, 1.54) is 0 Å². The maximum atomic E-state index is 5.53. The van der Waals surface area contributed by atoms with Crippen molar-refractivity contribution in [2.45, 2.75) is 46.8 Å². The fraction of sp³-hybridized carbons (Fsp3) is 0.786. The van der Waals surface area contributed by atoms with Crippen molar-refractivity contribution in [1.29, 1.82) is 0 Å². The summed E-state index contributed by atoms with van der Waals surface area (Å²) in [6, 6.07) is 1.83. The van der Waals surface area contributed by atoms with Gasteiger partial charge in [0, 0.05) is 25.2 Å². The molecule has 0 saturated carbocycles. The Kier molecular flexibility index (Phi) is 6.87. The van der Waals surface area contributed by atoms with Crippen LogP contribution >= 0.6 is 0 Å². The molecular weight excluding hydrogens is 246 g/mol. The van der Waals surface area contributed by atoms with Crippen molar-refractivity contribution in [3.8, 4) is 5.88 Å². The van der Waals surface area contributed by atoms with Gasteiger partial charge in [-0.1, -0.05) is 20.8 Å². The molecule has 19 heavy (non-hydrogen) atoms. The Morgan fingerprint density at radius 2 is 1.79 bits per heavy atom. The van der Waals surface area contributed by atoms with Gasteiger partial charge in [0.15, 0.2) is 6.29 Å². The van der Waals surface area contributed by atoms with Crippen LogP contribution in [0, 0.1) is 5.92 Å². The van der Waals surface area contributed by atoms with Crippen LogP contribution in [-0.4, -0.2) is 31.3 Å². The highest BCUT2D eigenvalue weighted by atomic mass is 16.7. The Labute approximate surface area is 115 Å². The van der Waals surface area contributed by atoms with Crippen molar-refractivity contribution in [2.24, 2.45) is 5.92 Å². The van der Waals surface area contributed by atoms with Gasteiger partial charge in [0.05, 0.1) is 0 Å². The van der Waals surface area contributed by atoms with Crippen LogP contribution in [0.15, 0.2) is 10.6 Å². The molecule has 1 aromatic rings. The molecule has 0 aromatic carbocycles. The second-order valence-electron chi connectivity index (χ2n) is 4.75. The van der Waals surface area contributed by atoms with Gasteiger partial charge in [-0.05, 0) is 24.9 Å². The van der Waals surface area contributed by atoms with E-state index in [1.54, 1.807) is 0 Å². The Balaban J connectivity index is 2.48. The highest BCUT2D eigenvalue weighted by Crippen LogP contribution is 2.26. The summed E-state index contributed by atoms with van der Waals surface area (Å²) in [7, 11) is 0. The van der Waals surface area contributed by atoms with Crippen LogP contribution in [0.2, 0.25) is 0 Å². The SMILES string of the molecule is CCOC(COc1cc([C@H](C)C(C)C)on1)OCC. The molecule has 5 heteroatoms. The predicted octanol–water partition coefficient (Wildman–Crippen LogP) is 3.21. The van der Waals surface area contributed by atoms with E-state index < -0.39 is 0 Å². The third kappa shape index (κ3) is 5.20. The molecule has 0 radical (unpaired) electrons. The Morgan fingerprint density at radius 1 is 1.16 bits per heavy atom. The molecule has 1 rings (SSSR count). The molecule has 0 amide bonds. The van der Waals surface area contributed by atoms with Gasteiger partial charge in [-0.3, -0.25) is 0 Å². The molecule has 0 aliphatic rings. The van der Waals surface area contributed by atoms with Crippen molar-refractivity contribution in [3.63, 3.8) is 0 Å². The molecule has 0 fully saturated rings. The second-order valence-corrected chi connectivity index (χ2v) is 4.75. The molecule has 5 nitrogen and oxygen atoms in total. The molecular formula is C14H25NO4. The second kappa shape index (κ2) is 8.17. The lowest BCUT2D eigenvalue weighted by Gasteiger charge is -2.16. The van der Waals surface area contributed by atoms with E-state index in [9.17, 15) is 0 Å². The minimum Gasteiger partial charge on any atom is -0.470 e. The Hall–Kier alpha value is -1.07. The molecule has 0 saturated heterocycles. The van der Waals surface area contributed by atoms with Crippen LogP contribution in [0.4, 0.5) is 0 Å². The third-order valence-electron chi connectivity index (χ3n) is 3.03. The van der Waals surface area contributed by atoms with Crippen molar-refractivity contribution in [2.75, 3.05) is 19.8 Å². The van der Waals surface area contributed by atoms with E-state index in [1.807, 2.05) is 19.9 Å². The van der Waals surface area contributed by atoms with Gasteiger partial charge in [0.25, 0.3) is 5.88 Å². The molecule has 0 aliphatic carbocycles. The number of hydrogen-bond donors (Lipinski definition) is 0. The smallest absolute Gasteiger partial charge is 0.254 e. The number of rotatable bonds is 9. The van der Waals surface area contributed by atoms with E-state index in [-0.39, 0.29) is 6.29 Å². The van der Waals surface area contributed by atoms with Gasteiger partial charge >= 0.3 is 0 Å². The zero-order valence-corrected chi connectivity index (χ0v) is 12.5. The van der Waals surface area contributed by atoms with E-state index in [4.69, 9.17) is 18.7 Å². The average Bonchev–Trinajstić information content (AvgIpc) is 2.84. The zero-order chi connectivity index (χ0) is 14.3. The summed E-state index contributed by atoms with van der Waals surface area (Å²) in [5, 5.41) is 3.90. The summed E-state index contributed by atoms with van der Waals surface area (Å²) >= 11 is 0. The van der Waals surface area contributed by atoms with E-state index in [2.05, 4.69) is 25.9 Å². The predicted molar refractivity (Wildman–Crippen MR) is 72.3 cm³/mol. The van der Waals surface area contributed by atoms with Gasteiger partial charge in [-0.15, -0.1) is 0 Å². The number of nitrogens with zero attached hydrogens (tertiary/aromatic N) is 1. The zero-order valence-electron chi connectivity index (χ0n) is 12.5. The summed E-state index contributed by atoms with van der Waals surface area (Å²) in [6.07, 6.45) is -0.363. The van der Waals surface area contributed by atoms with Crippen LogP contribution in [-0.2, 0) is 9.47 Å². The normalized spacial score (nSPS) is 13.2. The van der Waals surface area contributed by atoms with Crippen molar-refractivity contribution in [3.05, 3.63) is 11.8 Å². The molecule has 110 valence electrons. The van der Waals surface area contributed by atoms with Crippen LogP contribution in [0.25, 0.3) is 0 Å². The maximum Gasteiger partial charge on any atom is 0.254 e. The highest BCUT2D eigenvalue weighted by molar-refractivity contribution is 5.14. The van der Waals surface area contributed by atoms with Crippen LogP contribution in [0.3, 0.4) is 0 Å². The first-order chi connectivity index (χ1) is 9.08. The standard InChI is InChI=1S/C14H25NO4/c1-6-16-14(17-7-2)9-18-13-8-12(19-15-13)11(5)10(3)4/h8,10-11,14H,6-7,9H2,1-5H3/t11-/m1/s1. The minimum atomic E-state index is -0.363. The largest absolute Gasteiger partial charge is 0.470 e. The summed E-state index contributed by atoms with van der Waals surface area (Å²) in [5.41, 5.74) is 0. The molecule has 0 aliphatic heterocycles. The monoisotopic (exact) mass is 271 g/mol. The maximum absolute atomic E-state index is 5.53. The quantitative estimate of drug-likeness (QED) is 0.645. The molecule has 0 spiro atoms. The fourth-order valence-electron chi connectivity index (χ4n) is 1.55. The van der Waals surface area contributed by atoms with Crippen LogP contribution in [0.1, 0.15) is 46.3 Å². The lowest BCUT2D eigenvalue weighted by atomic mass is 9.96. The number of aromatic nitrogens is 1. The van der Waals surface area contributed by atoms with E-state index in [0.29, 0.717) is 37.5 Å². The Morgan fingerprint density at radius 3 is 2.32 bits per heavy atom. The first-order valence-corrected chi connectivity index (χ1v) is 6.91. The summed E-state index contributed by atoms with van der Waals surface area (Å²) in [4.78, 5) is 0. The number of ether oxygens (including phenoxy) is 3. The van der Waals surface area contributed by atoms with Gasteiger partial charge in [-0.25, -0.2) is 0 Å². The first kappa shape index (κ1) is 16.0. The topological polar surface area (TPSA) is 53.7 Å². The lowest BCUT2D eigenvalue weighted by molar-refractivity contribution is -0.152. The van der Waals surface area contributed by atoms with Crippen molar-refractivity contribution in [1.82, 2.24) is 5.16 Å². The highest BCUT2D eigenvalue weighted by Gasteiger charge is 2.17. The Bertz CT molecular complexity index is 345. The molecule has 0 unspecified atom stereocenters. The lowest BCUT2D eigenvalue weighted by Crippen LogP contribution is -2.25. The molecule has 1 aromatic heterocycles. The van der Waals surface area contributed by atoms with Gasteiger partial charge in [0.2, 0.25) is 0 Å². The van der Waals surface area contributed by atoms with Gasteiger partial charge in [0.1, 0.15) is 12.4 Å².